The molecule has 4 N–H and O–H groups in total. The van der Waals surface area contributed by atoms with Crippen molar-refractivity contribution in [3.05, 3.63) is 53.6 Å². The van der Waals surface area contributed by atoms with Gasteiger partial charge in [0, 0.05) is 11.6 Å². The summed E-state index contributed by atoms with van der Waals surface area (Å²) < 4.78 is 11.3. The van der Waals surface area contributed by atoms with Gasteiger partial charge in [0.25, 0.3) is 0 Å². The second kappa shape index (κ2) is 6.67. The number of hydrogen-bond donors (Lipinski definition) is 4. The van der Waals surface area contributed by atoms with Gasteiger partial charge < -0.3 is 29.9 Å². The van der Waals surface area contributed by atoms with Crippen LogP contribution in [0.5, 0.6) is 23.0 Å². The Hall–Kier alpha value is -3.68. The molecule has 26 heavy (non-hydrogen) atoms. The Labute approximate surface area is 147 Å². The van der Waals surface area contributed by atoms with E-state index in [0.29, 0.717) is 11.1 Å². The van der Waals surface area contributed by atoms with Crippen LogP contribution in [0.15, 0.2) is 42.5 Å². The third-order valence-corrected chi connectivity index (χ3v) is 3.74. The zero-order chi connectivity index (χ0) is 18.8. The van der Waals surface area contributed by atoms with Crippen LogP contribution in [0.1, 0.15) is 17.2 Å². The summed E-state index contributed by atoms with van der Waals surface area (Å²) in [6, 6.07) is 8.44. The zero-order valence-corrected chi connectivity index (χ0v) is 13.2. The molecule has 0 saturated carbocycles. The van der Waals surface area contributed by atoms with Crippen molar-refractivity contribution < 1.29 is 39.5 Å². The minimum atomic E-state index is -1.40. The van der Waals surface area contributed by atoms with Gasteiger partial charge in [0.05, 0.1) is 0 Å². The van der Waals surface area contributed by atoms with Crippen LogP contribution in [-0.2, 0) is 9.59 Å². The largest absolute Gasteiger partial charge is 0.504 e. The third kappa shape index (κ3) is 3.39. The Morgan fingerprint density at radius 1 is 0.923 bits per heavy atom. The second-order valence-corrected chi connectivity index (χ2v) is 5.54. The van der Waals surface area contributed by atoms with Gasteiger partial charge in [-0.15, -0.1) is 0 Å². The summed E-state index contributed by atoms with van der Waals surface area (Å²) in [4.78, 5) is 22.2. The lowest BCUT2D eigenvalue weighted by atomic mass is 10.0. The van der Waals surface area contributed by atoms with Crippen LogP contribution in [0.25, 0.3) is 6.08 Å². The van der Waals surface area contributed by atoms with Gasteiger partial charge in [-0.1, -0.05) is 12.1 Å². The van der Waals surface area contributed by atoms with Crippen LogP contribution in [0.3, 0.4) is 0 Å². The molecule has 2 aromatic carbocycles. The van der Waals surface area contributed by atoms with E-state index in [-0.39, 0.29) is 17.2 Å². The van der Waals surface area contributed by atoms with Gasteiger partial charge in [0.1, 0.15) is 0 Å². The average molecular weight is 358 g/mol. The van der Waals surface area contributed by atoms with Crippen molar-refractivity contribution in [1.29, 1.82) is 0 Å². The monoisotopic (exact) mass is 358 g/mol. The highest BCUT2D eigenvalue weighted by Crippen LogP contribution is 2.41. The summed E-state index contributed by atoms with van der Waals surface area (Å²) in [6.45, 7) is 0. The van der Waals surface area contributed by atoms with Crippen molar-refractivity contribution in [2.45, 2.75) is 12.2 Å². The molecule has 8 heteroatoms. The second-order valence-electron chi connectivity index (χ2n) is 5.54. The first-order valence-corrected chi connectivity index (χ1v) is 7.48. The predicted molar refractivity (Wildman–Crippen MR) is 88.3 cm³/mol. The molecule has 3 rings (SSSR count). The minimum Gasteiger partial charge on any atom is -0.504 e. The summed E-state index contributed by atoms with van der Waals surface area (Å²) in [6.07, 6.45) is -0.161. The van der Waals surface area contributed by atoms with E-state index in [9.17, 15) is 24.9 Å². The summed E-state index contributed by atoms with van der Waals surface area (Å²) in [7, 11) is 0. The highest BCUT2D eigenvalue weighted by molar-refractivity contribution is 5.85. The maximum absolute atomic E-state index is 11.6. The Morgan fingerprint density at radius 3 is 2.35 bits per heavy atom. The normalized spacial score (nSPS) is 18.6. The number of phenols is 2. The van der Waals surface area contributed by atoms with Gasteiger partial charge >= 0.3 is 11.9 Å². The van der Waals surface area contributed by atoms with Gasteiger partial charge in [-0.3, -0.25) is 0 Å². The molecule has 1 aliphatic heterocycles. The summed E-state index contributed by atoms with van der Waals surface area (Å²) in [5.74, 6) is -2.71. The number of carbonyl (C=O) groups is 2. The fraction of sp³-hybridized carbons (Fsp3) is 0.111. The number of ether oxygens (including phenoxy) is 2. The van der Waals surface area contributed by atoms with Gasteiger partial charge in [0.15, 0.2) is 29.1 Å². The summed E-state index contributed by atoms with van der Waals surface area (Å²) >= 11 is 0. The molecule has 0 saturated heterocycles. The molecule has 1 aliphatic rings. The molecule has 2 aromatic rings. The number of benzene rings is 2. The molecular formula is C18H14O8. The molecule has 0 fully saturated rings. The Morgan fingerprint density at radius 2 is 1.69 bits per heavy atom. The molecule has 0 aliphatic carbocycles. The lowest BCUT2D eigenvalue weighted by Gasteiger charge is -2.32. The summed E-state index contributed by atoms with van der Waals surface area (Å²) in [5, 5.41) is 37.2. The average Bonchev–Trinajstić information content (AvgIpc) is 2.61. The number of carboxylic acids is 2. The van der Waals surface area contributed by atoms with Crippen molar-refractivity contribution in [1.82, 2.24) is 0 Å². The van der Waals surface area contributed by atoms with E-state index in [4.69, 9.17) is 14.6 Å². The number of aliphatic carboxylic acids is 2. The van der Waals surface area contributed by atoms with E-state index in [2.05, 4.69) is 0 Å². The van der Waals surface area contributed by atoms with E-state index >= 15 is 0 Å². The maximum atomic E-state index is 11.6. The van der Waals surface area contributed by atoms with Crippen LogP contribution < -0.4 is 9.47 Å². The SMILES string of the molecule is O=C(O)/C=C/c1ccc2c(c1)OC(C(=O)O)C(c1ccc(O)c(O)c1)O2. The molecule has 0 amide bonds. The molecule has 8 nitrogen and oxygen atoms in total. The first-order valence-electron chi connectivity index (χ1n) is 7.48. The highest BCUT2D eigenvalue weighted by Gasteiger charge is 2.38. The Balaban J connectivity index is 1.96. The number of hydrogen-bond acceptors (Lipinski definition) is 6. The molecule has 0 spiro atoms. The van der Waals surface area contributed by atoms with Gasteiger partial charge in [-0.05, 0) is 35.9 Å². The Bertz CT molecular complexity index is 902. The molecule has 1 heterocycles. The quantitative estimate of drug-likeness (QED) is 0.483. The Kier molecular flexibility index (Phi) is 4.40. The van der Waals surface area contributed by atoms with Crippen LogP contribution in [0.2, 0.25) is 0 Å². The van der Waals surface area contributed by atoms with E-state index < -0.39 is 29.9 Å². The van der Waals surface area contributed by atoms with E-state index in [1.807, 2.05) is 0 Å². The zero-order valence-electron chi connectivity index (χ0n) is 13.2. The molecular weight excluding hydrogens is 344 g/mol. The smallest absolute Gasteiger partial charge is 0.349 e. The van der Waals surface area contributed by atoms with Crippen molar-refractivity contribution in [2.75, 3.05) is 0 Å². The first kappa shape index (κ1) is 17.2. The van der Waals surface area contributed by atoms with E-state index in [1.165, 1.54) is 36.4 Å². The van der Waals surface area contributed by atoms with E-state index in [1.54, 1.807) is 6.07 Å². The number of rotatable bonds is 4. The minimum absolute atomic E-state index is 0.157. The standard InChI is InChI=1S/C18H14O8/c19-11-4-3-10(8-12(11)20)16-17(18(23)24)26-14-7-9(2-6-15(21)22)1-5-13(14)25-16/h1-8,16-17,19-20H,(H,21,22)(H,23,24)/b6-2+. The highest BCUT2D eigenvalue weighted by atomic mass is 16.6. The van der Waals surface area contributed by atoms with Crippen LogP contribution in [-0.4, -0.2) is 38.5 Å². The van der Waals surface area contributed by atoms with Crippen molar-refractivity contribution in [2.24, 2.45) is 0 Å². The molecule has 0 bridgehead atoms. The molecule has 134 valence electrons. The fourth-order valence-corrected chi connectivity index (χ4v) is 2.52. The lowest BCUT2D eigenvalue weighted by Crippen LogP contribution is -2.39. The number of carboxylic acid groups (broad SMARTS) is 2. The molecule has 2 atom stereocenters. The lowest BCUT2D eigenvalue weighted by molar-refractivity contribution is -0.151. The van der Waals surface area contributed by atoms with Gasteiger partial charge in [-0.25, -0.2) is 9.59 Å². The molecule has 0 radical (unpaired) electrons. The fourth-order valence-electron chi connectivity index (χ4n) is 2.52. The number of phenolic OH excluding ortho intramolecular Hbond substituents is 2. The predicted octanol–water partition coefficient (Wildman–Crippen LogP) is 2.16. The maximum Gasteiger partial charge on any atom is 0.349 e. The number of aromatic hydroxyl groups is 2. The van der Waals surface area contributed by atoms with E-state index in [0.717, 1.165) is 6.08 Å². The van der Waals surface area contributed by atoms with Crippen molar-refractivity contribution in [3.63, 3.8) is 0 Å². The van der Waals surface area contributed by atoms with Crippen LogP contribution in [0.4, 0.5) is 0 Å². The third-order valence-electron chi connectivity index (χ3n) is 3.74. The first-order chi connectivity index (χ1) is 12.3. The number of fused-ring (bicyclic) bond motifs is 1. The summed E-state index contributed by atoms with van der Waals surface area (Å²) in [5.41, 5.74) is 0.813. The van der Waals surface area contributed by atoms with Crippen LogP contribution >= 0.6 is 0 Å². The topological polar surface area (TPSA) is 134 Å². The molecule has 0 aromatic heterocycles. The van der Waals surface area contributed by atoms with Crippen molar-refractivity contribution >= 4 is 18.0 Å². The van der Waals surface area contributed by atoms with Gasteiger partial charge in [-0.2, -0.15) is 0 Å². The van der Waals surface area contributed by atoms with Crippen molar-refractivity contribution in [3.8, 4) is 23.0 Å². The van der Waals surface area contributed by atoms with Crippen LogP contribution in [0, 0.1) is 0 Å². The molecule has 2 unspecified atom stereocenters. The van der Waals surface area contributed by atoms with Gasteiger partial charge in [0.2, 0.25) is 6.10 Å².